The molecule has 98 valence electrons. The molecular weight excluding hydrogens is 237 g/mol. The van der Waals surface area contributed by atoms with Crippen molar-refractivity contribution < 1.29 is 9.45 Å². The molecule has 0 saturated heterocycles. The summed E-state index contributed by atoms with van der Waals surface area (Å²) in [7, 11) is -0.0719. The second kappa shape index (κ2) is 6.95. The third-order valence-electron chi connectivity index (χ3n) is 3.00. The van der Waals surface area contributed by atoms with Gasteiger partial charge in [0.2, 0.25) is 0 Å². The summed E-state index contributed by atoms with van der Waals surface area (Å²) in [6.45, 7) is 2.91. The van der Waals surface area contributed by atoms with Crippen LogP contribution in [0.3, 0.4) is 0 Å². The molecule has 0 saturated carbocycles. The highest BCUT2D eigenvalue weighted by atomic mass is 16.4. The minimum absolute atomic E-state index is 0.0719. The third kappa shape index (κ3) is 3.83. The number of benzene rings is 1. The van der Waals surface area contributed by atoms with Gasteiger partial charge in [-0.1, -0.05) is 49.7 Å². The van der Waals surface area contributed by atoms with Crippen molar-refractivity contribution in [2.24, 2.45) is 0 Å². The molecule has 0 spiro atoms. The SMILES string of the molecule is CCCCOB1C=CC=C(c2ccc(C=O)cc2)N1. The van der Waals surface area contributed by atoms with E-state index < -0.39 is 0 Å². The molecule has 2 rings (SSSR count). The Morgan fingerprint density at radius 3 is 2.79 bits per heavy atom. The first-order chi connectivity index (χ1) is 9.33. The molecule has 0 atom stereocenters. The number of hydrogen-bond donors (Lipinski definition) is 1. The Balaban J connectivity index is 1.98. The third-order valence-corrected chi connectivity index (χ3v) is 3.00. The second-order valence-electron chi connectivity index (χ2n) is 4.49. The highest BCUT2D eigenvalue weighted by Gasteiger charge is 2.17. The normalized spacial score (nSPS) is 13.9. The van der Waals surface area contributed by atoms with Gasteiger partial charge in [-0.15, -0.1) is 0 Å². The van der Waals surface area contributed by atoms with Crippen molar-refractivity contribution in [3.05, 3.63) is 53.5 Å². The van der Waals surface area contributed by atoms with Gasteiger partial charge < -0.3 is 9.88 Å². The first kappa shape index (κ1) is 13.6. The Morgan fingerprint density at radius 1 is 1.32 bits per heavy atom. The zero-order chi connectivity index (χ0) is 13.5. The number of rotatable bonds is 6. The number of nitrogens with one attached hydrogen (secondary N) is 1. The Bertz CT molecular complexity index is 479. The Morgan fingerprint density at radius 2 is 2.11 bits per heavy atom. The van der Waals surface area contributed by atoms with Gasteiger partial charge in [-0.3, -0.25) is 4.79 Å². The number of aldehydes is 1. The molecule has 0 aromatic heterocycles. The summed E-state index contributed by atoms with van der Waals surface area (Å²) in [4.78, 5) is 10.6. The van der Waals surface area contributed by atoms with Crippen molar-refractivity contribution in [2.75, 3.05) is 6.61 Å². The van der Waals surface area contributed by atoms with Gasteiger partial charge in [0.25, 0.3) is 0 Å². The van der Waals surface area contributed by atoms with Crippen molar-refractivity contribution in [2.45, 2.75) is 19.8 Å². The molecule has 1 aromatic carbocycles. The smallest absolute Gasteiger partial charge is 0.413 e. The summed E-state index contributed by atoms with van der Waals surface area (Å²) in [6, 6.07) is 7.50. The van der Waals surface area contributed by atoms with Crippen LogP contribution in [0.15, 0.2) is 42.4 Å². The molecule has 1 N–H and O–H groups in total. The van der Waals surface area contributed by atoms with Crippen LogP contribution in [-0.2, 0) is 4.65 Å². The van der Waals surface area contributed by atoms with Gasteiger partial charge in [0, 0.05) is 17.9 Å². The van der Waals surface area contributed by atoms with Crippen molar-refractivity contribution >= 4 is 19.0 Å². The fraction of sp³-hybridized carbons (Fsp3) is 0.267. The van der Waals surface area contributed by atoms with Crippen LogP contribution in [0, 0.1) is 0 Å². The molecule has 0 amide bonds. The van der Waals surface area contributed by atoms with E-state index in [-0.39, 0.29) is 7.05 Å². The monoisotopic (exact) mass is 255 g/mol. The van der Waals surface area contributed by atoms with Gasteiger partial charge in [-0.2, -0.15) is 0 Å². The quantitative estimate of drug-likeness (QED) is 0.482. The van der Waals surface area contributed by atoms with Crippen LogP contribution in [0.5, 0.6) is 0 Å². The van der Waals surface area contributed by atoms with Gasteiger partial charge in [0.15, 0.2) is 0 Å². The summed E-state index contributed by atoms with van der Waals surface area (Å²) in [5.41, 5.74) is 2.76. The molecule has 19 heavy (non-hydrogen) atoms. The average Bonchev–Trinajstić information content (AvgIpc) is 2.48. The fourth-order valence-corrected chi connectivity index (χ4v) is 1.87. The van der Waals surface area contributed by atoms with Gasteiger partial charge in [-0.25, -0.2) is 0 Å². The molecule has 0 unspecified atom stereocenters. The van der Waals surface area contributed by atoms with E-state index in [1.807, 2.05) is 42.4 Å². The first-order valence-corrected chi connectivity index (χ1v) is 6.65. The predicted molar refractivity (Wildman–Crippen MR) is 78.7 cm³/mol. The van der Waals surface area contributed by atoms with Crippen LogP contribution in [0.25, 0.3) is 5.70 Å². The Kier molecular flexibility index (Phi) is 4.98. The highest BCUT2D eigenvalue weighted by Crippen LogP contribution is 2.15. The molecule has 0 bridgehead atoms. The fourth-order valence-electron chi connectivity index (χ4n) is 1.87. The number of unbranched alkanes of at least 4 members (excludes halogenated alkanes) is 1. The maximum Gasteiger partial charge on any atom is 0.441 e. The predicted octanol–water partition coefficient (Wildman–Crippen LogP) is 2.84. The maximum atomic E-state index is 10.6. The number of carbonyl (C=O) groups excluding carboxylic acids is 1. The molecule has 1 aliphatic rings. The van der Waals surface area contributed by atoms with Crippen LogP contribution in [0.2, 0.25) is 0 Å². The average molecular weight is 255 g/mol. The second-order valence-corrected chi connectivity index (χ2v) is 4.49. The molecule has 0 aliphatic carbocycles. The standard InChI is InChI=1S/C15H18BNO2/c1-2-3-11-19-16-10-4-5-15(17-16)14-8-6-13(12-18)7-9-14/h4-10,12,17H,2-3,11H2,1H3. The summed E-state index contributed by atoms with van der Waals surface area (Å²) >= 11 is 0. The van der Waals surface area contributed by atoms with Crippen LogP contribution < -0.4 is 5.23 Å². The summed E-state index contributed by atoms with van der Waals surface area (Å²) in [6.07, 6.45) is 7.06. The number of carbonyl (C=O) groups is 1. The van der Waals surface area contributed by atoms with Crippen molar-refractivity contribution in [1.29, 1.82) is 0 Å². The van der Waals surface area contributed by atoms with Crippen LogP contribution >= 0.6 is 0 Å². The Labute approximate surface area is 114 Å². The summed E-state index contributed by atoms with van der Waals surface area (Å²) in [5.74, 6) is 2.00. The lowest BCUT2D eigenvalue weighted by atomic mass is 9.79. The molecule has 1 heterocycles. The lowest BCUT2D eigenvalue weighted by molar-refractivity contribution is 0.112. The molecule has 4 heteroatoms. The van der Waals surface area contributed by atoms with E-state index in [1.54, 1.807) is 0 Å². The van der Waals surface area contributed by atoms with E-state index in [1.165, 1.54) is 0 Å². The van der Waals surface area contributed by atoms with Crippen LogP contribution in [0.1, 0.15) is 35.7 Å². The van der Waals surface area contributed by atoms with Crippen molar-refractivity contribution in [1.82, 2.24) is 5.23 Å². The molecule has 1 aromatic rings. The van der Waals surface area contributed by atoms with E-state index in [2.05, 4.69) is 12.2 Å². The zero-order valence-electron chi connectivity index (χ0n) is 11.1. The van der Waals surface area contributed by atoms with Gasteiger partial charge in [0.1, 0.15) is 6.29 Å². The topological polar surface area (TPSA) is 38.3 Å². The van der Waals surface area contributed by atoms with Gasteiger partial charge >= 0.3 is 7.05 Å². The zero-order valence-corrected chi connectivity index (χ0v) is 11.1. The minimum atomic E-state index is -0.0719. The molecular formula is C15H18BNO2. The van der Waals surface area contributed by atoms with E-state index in [9.17, 15) is 4.79 Å². The largest absolute Gasteiger partial charge is 0.441 e. The summed E-state index contributed by atoms with van der Waals surface area (Å²) in [5, 5.41) is 3.33. The molecule has 3 nitrogen and oxygen atoms in total. The summed E-state index contributed by atoms with van der Waals surface area (Å²) < 4.78 is 5.73. The van der Waals surface area contributed by atoms with Crippen molar-refractivity contribution in [3.63, 3.8) is 0 Å². The first-order valence-electron chi connectivity index (χ1n) is 6.65. The Hall–Kier alpha value is -1.81. The van der Waals surface area contributed by atoms with Crippen LogP contribution in [-0.4, -0.2) is 19.9 Å². The van der Waals surface area contributed by atoms with E-state index in [0.717, 1.165) is 37.0 Å². The molecule has 1 aliphatic heterocycles. The maximum absolute atomic E-state index is 10.6. The lowest BCUT2D eigenvalue weighted by Gasteiger charge is -2.19. The minimum Gasteiger partial charge on any atom is -0.413 e. The number of hydrogen-bond acceptors (Lipinski definition) is 3. The van der Waals surface area contributed by atoms with E-state index in [4.69, 9.17) is 4.65 Å². The van der Waals surface area contributed by atoms with Crippen LogP contribution in [0.4, 0.5) is 0 Å². The van der Waals surface area contributed by atoms with E-state index >= 15 is 0 Å². The van der Waals surface area contributed by atoms with Crippen molar-refractivity contribution in [3.8, 4) is 0 Å². The molecule has 0 radical (unpaired) electrons. The number of allylic oxidation sites excluding steroid dienone is 2. The van der Waals surface area contributed by atoms with Gasteiger partial charge in [-0.05, 0) is 18.1 Å². The van der Waals surface area contributed by atoms with E-state index in [0.29, 0.717) is 5.56 Å². The van der Waals surface area contributed by atoms with Gasteiger partial charge in [0.05, 0.1) is 0 Å². The molecule has 0 fully saturated rings. The lowest BCUT2D eigenvalue weighted by Crippen LogP contribution is -2.36. The highest BCUT2D eigenvalue weighted by molar-refractivity contribution is 6.57.